The van der Waals surface area contributed by atoms with E-state index in [1.54, 1.807) is 6.07 Å². The zero-order valence-corrected chi connectivity index (χ0v) is 14.6. The zero-order valence-electron chi connectivity index (χ0n) is 14.6. The van der Waals surface area contributed by atoms with Gasteiger partial charge in [-0.2, -0.15) is 0 Å². The topological polar surface area (TPSA) is 116 Å². The summed E-state index contributed by atoms with van der Waals surface area (Å²) in [5, 5.41) is 24.4. The summed E-state index contributed by atoms with van der Waals surface area (Å²) in [7, 11) is 0. The number of fused-ring (bicyclic) bond motifs is 1. The lowest BCUT2D eigenvalue weighted by Crippen LogP contribution is -2.52. The fourth-order valence-corrected chi connectivity index (χ4v) is 3.30. The molecule has 1 heterocycles. The largest absolute Gasteiger partial charge is 0.481 e. The lowest BCUT2D eigenvalue weighted by Gasteiger charge is -2.31. The number of hydrogen-bond acceptors (Lipinski definition) is 4. The number of carboxylic acid groups (broad SMARTS) is 2. The lowest BCUT2D eigenvalue weighted by molar-refractivity contribution is -0.141. The van der Waals surface area contributed by atoms with Crippen LogP contribution in [0.1, 0.15) is 34.3 Å². The Labute approximate surface area is 156 Å². The molecule has 0 fully saturated rings. The van der Waals surface area contributed by atoms with E-state index in [1.807, 2.05) is 30.3 Å². The molecule has 7 nitrogen and oxygen atoms in total. The van der Waals surface area contributed by atoms with Crippen molar-refractivity contribution in [1.82, 2.24) is 5.32 Å². The molecular weight excluding hydrogens is 348 g/mol. The van der Waals surface area contributed by atoms with Gasteiger partial charge in [0.2, 0.25) is 5.91 Å². The molecule has 0 radical (unpaired) electrons. The molecule has 3 rings (SSSR count). The highest BCUT2D eigenvalue weighted by Crippen LogP contribution is 2.30. The molecule has 1 aliphatic heterocycles. The zero-order chi connectivity index (χ0) is 19.4. The Hall–Kier alpha value is -3.35. The monoisotopic (exact) mass is 368 g/mol. The van der Waals surface area contributed by atoms with E-state index in [2.05, 4.69) is 10.6 Å². The first-order valence-electron chi connectivity index (χ1n) is 8.58. The Bertz CT molecular complexity index is 881. The van der Waals surface area contributed by atoms with E-state index < -0.39 is 23.4 Å². The van der Waals surface area contributed by atoms with Crippen molar-refractivity contribution in [3.63, 3.8) is 0 Å². The molecule has 0 aromatic heterocycles. The SMILES string of the molecule is O=C(O)CC1(CCc2ccccc2)Nc2ccc(C(=O)O)cc2CNC1=O. The highest BCUT2D eigenvalue weighted by Gasteiger charge is 2.42. The molecule has 0 aliphatic carbocycles. The molecule has 27 heavy (non-hydrogen) atoms. The second-order valence-electron chi connectivity index (χ2n) is 6.62. The van der Waals surface area contributed by atoms with E-state index >= 15 is 0 Å². The fraction of sp³-hybridized carbons (Fsp3) is 0.250. The van der Waals surface area contributed by atoms with Crippen LogP contribution in [0.25, 0.3) is 0 Å². The number of anilines is 1. The maximum atomic E-state index is 12.8. The molecule has 4 N–H and O–H groups in total. The smallest absolute Gasteiger partial charge is 0.335 e. The van der Waals surface area contributed by atoms with Crippen molar-refractivity contribution in [3.05, 3.63) is 65.2 Å². The van der Waals surface area contributed by atoms with E-state index in [9.17, 15) is 19.5 Å². The number of hydrogen-bond donors (Lipinski definition) is 4. The highest BCUT2D eigenvalue weighted by molar-refractivity contribution is 5.95. The Morgan fingerprint density at radius 2 is 1.81 bits per heavy atom. The number of nitrogens with one attached hydrogen (secondary N) is 2. The van der Waals surface area contributed by atoms with Crippen LogP contribution in [0.2, 0.25) is 0 Å². The number of carbonyl (C=O) groups is 3. The number of aryl methyl sites for hydroxylation is 1. The van der Waals surface area contributed by atoms with E-state index in [0.29, 0.717) is 17.7 Å². The van der Waals surface area contributed by atoms with Crippen LogP contribution in [0.3, 0.4) is 0 Å². The molecule has 140 valence electrons. The third-order valence-electron chi connectivity index (χ3n) is 4.74. The number of aliphatic carboxylic acids is 1. The normalized spacial score (nSPS) is 18.6. The molecule has 0 saturated heterocycles. The standard InChI is InChI=1S/C20H20N2O5/c23-17(24)11-20(9-8-13-4-2-1-3-5-13)19(27)21-12-15-10-14(18(25)26)6-7-16(15)22-20/h1-7,10,22H,8-9,11-12H2,(H,21,27)(H,23,24)(H,25,26). The van der Waals surface area contributed by atoms with Gasteiger partial charge in [-0.25, -0.2) is 4.79 Å². The van der Waals surface area contributed by atoms with Gasteiger partial charge in [0, 0.05) is 12.2 Å². The van der Waals surface area contributed by atoms with Crippen molar-refractivity contribution < 1.29 is 24.6 Å². The van der Waals surface area contributed by atoms with Crippen LogP contribution in [0.5, 0.6) is 0 Å². The molecule has 0 bridgehead atoms. The van der Waals surface area contributed by atoms with Crippen molar-refractivity contribution in [2.45, 2.75) is 31.3 Å². The van der Waals surface area contributed by atoms with Gasteiger partial charge in [0.05, 0.1) is 12.0 Å². The second kappa shape index (κ2) is 7.49. The Morgan fingerprint density at radius 1 is 1.07 bits per heavy atom. The predicted octanol–water partition coefficient (Wildman–Crippen LogP) is 2.27. The van der Waals surface area contributed by atoms with Crippen LogP contribution < -0.4 is 10.6 Å². The van der Waals surface area contributed by atoms with Crippen molar-refractivity contribution >= 4 is 23.5 Å². The minimum atomic E-state index is -1.32. The summed E-state index contributed by atoms with van der Waals surface area (Å²) in [6.45, 7) is 0.134. The van der Waals surface area contributed by atoms with Gasteiger partial charge in [0.15, 0.2) is 0 Å². The summed E-state index contributed by atoms with van der Waals surface area (Å²) < 4.78 is 0. The molecule has 0 saturated carbocycles. The van der Waals surface area contributed by atoms with Crippen LogP contribution >= 0.6 is 0 Å². The van der Waals surface area contributed by atoms with Gasteiger partial charge >= 0.3 is 11.9 Å². The molecule has 1 amide bonds. The summed E-state index contributed by atoms with van der Waals surface area (Å²) in [6.07, 6.45) is 0.429. The number of benzene rings is 2. The molecule has 2 aromatic rings. The van der Waals surface area contributed by atoms with Crippen LogP contribution in [-0.4, -0.2) is 33.6 Å². The number of carboxylic acids is 2. The van der Waals surface area contributed by atoms with Crippen molar-refractivity contribution in [1.29, 1.82) is 0 Å². The first-order valence-corrected chi connectivity index (χ1v) is 8.58. The van der Waals surface area contributed by atoms with Gasteiger partial charge < -0.3 is 20.8 Å². The third-order valence-corrected chi connectivity index (χ3v) is 4.74. The van der Waals surface area contributed by atoms with Crippen LogP contribution in [-0.2, 0) is 22.6 Å². The van der Waals surface area contributed by atoms with E-state index in [-0.39, 0.29) is 24.9 Å². The maximum Gasteiger partial charge on any atom is 0.335 e. The molecule has 1 aliphatic rings. The van der Waals surface area contributed by atoms with E-state index in [0.717, 1.165) is 5.56 Å². The predicted molar refractivity (Wildman–Crippen MR) is 98.6 cm³/mol. The van der Waals surface area contributed by atoms with Crippen LogP contribution in [0, 0.1) is 0 Å². The molecule has 7 heteroatoms. The Balaban J connectivity index is 1.94. The number of aromatic carboxylic acids is 1. The van der Waals surface area contributed by atoms with Crippen molar-refractivity contribution in [3.8, 4) is 0 Å². The molecule has 2 aromatic carbocycles. The average Bonchev–Trinajstić information content (AvgIpc) is 2.77. The molecule has 0 spiro atoms. The van der Waals surface area contributed by atoms with E-state index in [1.165, 1.54) is 12.1 Å². The number of amides is 1. The van der Waals surface area contributed by atoms with Crippen molar-refractivity contribution in [2.24, 2.45) is 0 Å². The summed E-state index contributed by atoms with van der Waals surface area (Å²) in [5.74, 6) is -2.56. The van der Waals surface area contributed by atoms with Gasteiger partial charge in [0.1, 0.15) is 5.54 Å². The fourth-order valence-electron chi connectivity index (χ4n) is 3.30. The molecule has 1 atom stereocenters. The number of rotatable bonds is 6. The Morgan fingerprint density at radius 3 is 2.48 bits per heavy atom. The average molecular weight is 368 g/mol. The van der Waals surface area contributed by atoms with Gasteiger partial charge in [0.25, 0.3) is 0 Å². The van der Waals surface area contributed by atoms with Gasteiger partial charge in [-0.1, -0.05) is 30.3 Å². The highest BCUT2D eigenvalue weighted by atomic mass is 16.4. The summed E-state index contributed by atoms with van der Waals surface area (Å²) in [5.41, 5.74) is 0.961. The Kier molecular flexibility index (Phi) is 5.12. The second-order valence-corrected chi connectivity index (χ2v) is 6.62. The minimum Gasteiger partial charge on any atom is -0.481 e. The number of carbonyl (C=O) groups excluding carboxylic acids is 1. The van der Waals surface area contributed by atoms with Gasteiger partial charge in [-0.05, 0) is 42.2 Å². The summed E-state index contributed by atoms with van der Waals surface area (Å²) in [6, 6.07) is 14.0. The molecular formula is C20H20N2O5. The van der Waals surface area contributed by atoms with Gasteiger partial charge in [-0.3, -0.25) is 9.59 Å². The quantitative estimate of drug-likeness (QED) is 0.622. The summed E-state index contributed by atoms with van der Waals surface area (Å²) >= 11 is 0. The lowest BCUT2D eigenvalue weighted by atomic mass is 9.86. The first kappa shape index (κ1) is 18.4. The minimum absolute atomic E-state index is 0.111. The third kappa shape index (κ3) is 4.08. The maximum absolute atomic E-state index is 12.8. The van der Waals surface area contributed by atoms with Crippen molar-refractivity contribution in [2.75, 3.05) is 5.32 Å². The van der Waals surface area contributed by atoms with Crippen LogP contribution in [0.15, 0.2) is 48.5 Å². The summed E-state index contributed by atoms with van der Waals surface area (Å²) in [4.78, 5) is 35.5. The van der Waals surface area contributed by atoms with Gasteiger partial charge in [-0.15, -0.1) is 0 Å². The van der Waals surface area contributed by atoms with E-state index in [4.69, 9.17) is 5.11 Å². The molecule has 1 unspecified atom stereocenters. The first-order chi connectivity index (χ1) is 12.9. The van der Waals surface area contributed by atoms with Crippen LogP contribution in [0.4, 0.5) is 5.69 Å².